The van der Waals surface area contributed by atoms with Gasteiger partial charge >= 0.3 is 0 Å². The van der Waals surface area contributed by atoms with E-state index in [1.54, 1.807) is 4.90 Å². The number of likely N-dealkylation sites (tertiary alicyclic amines) is 1. The van der Waals surface area contributed by atoms with E-state index in [9.17, 15) is 14.7 Å². The molecule has 1 amide bonds. The average Bonchev–Trinajstić information content (AvgIpc) is 2.95. The third-order valence-electron chi connectivity index (χ3n) is 5.20. The van der Waals surface area contributed by atoms with E-state index in [4.69, 9.17) is 0 Å². The summed E-state index contributed by atoms with van der Waals surface area (Å²) in [5, 5.41) is 12.5. The normalized spacial score (nSPS) is 19.6. The molecule has 0 saturated carbocycles. The Kier molecular flexibility index (Phi) is 4.70. The number of piperidine rings is 1. The Balaban J connectivity index is 1.87. The molecule has 0 aliphatic carbocycles. The van der Waals surface area contributed by atoms with Crippen LogP contribution < -0.4 is 5.56 Å². The monoisotopic (exact) mass is 359 g/mol. The molecule has 1 aliphatic heterocycles. The molecule has 0 radical (unpaired) electrons. The van der Waals surface area contributed by atoms with Gasteiger partial charge in [0.1, 0.15) is 5.69 Å². The molecule has 0 spiro atoms. The van der Waals surface area contributed by atoms with Crippen LogP contribution in [0.5, 0.6) is 0 Å². The molecule has 0 aromatic carbocycles. The average molecular weight is 359 g/mol. The van der Waals surface area contributed by atoms with Crippen LogP contribution in [0.25, 0.3) is 5.95 Å². The highest BCUT2D eigenvalue weighted by atomic mass is 16.3. The third kappa shape index (κ3) is 3.41. The molecule has 1 aliphatic rings. The van der Waals surface area contributed by atoms with Crippen molar-refractivity contribution in [2.45, 2.75) is 34.1 Å². The van der Waals surface area contributed by atoms with Crippen LogP contribution in [0.2, 0.25) is 0 Å². The van der Waals surface area contributed by atoms with Crippen molar-refractivity contribution in [1.29, 1.82) is 0 Å². The van der Waals surface area contributed by atoms with Gasteiger partial charge in [0.05, 0.1) is 0 Å². The summed E-state index contributed by atoms with van der Waals surface area (Å²) in [4.78, 5) is 35.3. The number of aliphatic hydroxyl groups excluding tert-OH is 1. The minimum Gasteiger partial charge on any atom is -0.396 e. The summed E-state index contributed by atoms with van der Waals surface area (Å²) in [5.74, 6) is -0.0181. The van der Waals surface area contributed by atoms with Crippen molar-refractivity contribution in [3.63, 3.8) is 0 Å². The number of carbonyl (C=O) groups excluding carboxylic acids is 1. The van der Waals surface area contributed by atoms with Crippen LogP contribution >= 0.6 is 0 Å². The van der Waals surface area contributed by atoms with Gasteiger partial charge in [-0.05, 0) is 31.7 Å². The predicted molar refractivity (Wildman–Crippen MR) is 96.3 cm³/mol. The van der Waals surface area contributed by atoms with Crippen molar-refractivity contribution in [1.82, 2.24) is 24.6 Å². The van der Waals surface area contributed by atoms with E-state index in [0.29, 0.717) is 13.1 Å². The highest BCUT2D eigenvalue weighted by Crippen LogP contribution is 2.35. The van der Waals surface area contributed by atoms with Crippen LogP contribution in [0.15, 0.2) is 16.9 Å². The number of carbonyl (C=O) groups is 1. The summed E-state index contributed by atoms with van der Waals surface area (Å²) in [7, 11) is 0. The summed E-state index contributed by atoms with van der Waals surface area (Å²) in [6, 6.07) is 3.09. The van der Waals surface area contributed by atoms with Crippen molar-refractivity contribution in [3.05, 3.63) is 39.6 Å². The summed E-state index contributed by atoms with van der Waals surface area (Å²) < 4.78 is 1.19. The van der Waals surface area contributed by atoms with E-state index in [1.807, 2.05) is 19.9 Å². The summed E-state index contributed by atoms with van der Waals surface area (Å²) in [5.41, 5.74) is 1.29. The van der Waals surface area contributed by atoms with Crippen LogP contribution in [0.1, 0.15) is 42.1 Å². The van der Waals surface area contributed by atoms with Crippen molar-refractivity contribution >= 4 is 5.91 Å². The SMILES string of the molecule is Cc1cc(C)nc(-n2[nH]c(C(=O)N3CCC(C)(C)C(CO)C3)cc2=O)n1. The maximum Gasteiger partial charge on any atom is 0.274 e. The zero-order chi connectivity index (χ0) is 19.1. The molecule has 1 atom stereocenters. The van der Waals surface area contributed by atoms with E-state index in [-0.39, 0.29) is 41.0 Å². The Labute approximate surface area is 151 Å². The zero-order valence-corrected chi connectivity index (χ0v) is 15.6. The molecule has 140 valence electrons. The Hall–Kier alpha value is -2.48. The first-order chi connectivity index (χ1) is 12.2. The van der Waals surface area contributed by atoms with Gasteiger partial charge in [-0.15, -0.1) is 0 Å². The fourth-order valence-electron chi connectivity index (χ4n) is 3.35. The number of nitrogens with one attached hydrogen (secondary N) is 1. The zero-order valence-electron chi connectivity index (χ0n) is 15.6. The van der Waals surface area contributed by atoms with Crippen molar-refractivity contribution in [2.75, 3.05) is 19.7 Å². The first-order valence-corrected chi connectivity index (χ1v) is 8.76. The van der Waals surface area contributed by atoms with Gasteiger partial charge in [0.2, 0.25) is 0 Å². The second-order valence-corrected chi connectivity index (χ2v) is 7.66. The molecule has 0 bridgehead atoms. The fraction of sp³-hybridized carbons (Fsp3) is 0.556. The molecule has 2 aromatic heterocycles. The Morgan fingerprint density at radius 2 is 1.96 bits per heavy atom. The second kappa shape index (κ2) is 6.68. The molecule has 3 rings (SSSR count). The molecule has 1 fully saturated rings. The molecule has 26 heavy (non-hydrogen) atoms. The molecular formula is C18H25N5O3. The van der Waals surface area contributed by atoms with Crippen molar-refractivity contribution in [2.24, 2.45) is 11.3 Å². The van der Waals surface area contributed by atoms with Gasteiger partial charge in [-0.2, -0.15) is 4.68 Å². The van der Waals surface area contributed by atoms with Crippen LogP contribution in [-0.2, 0) is 0 Å². The number of aryl methyl sites for hydroxylation is 2. The molecule has 8 heteroatoms. The minimum atomic E-state index is -0.380. The molecule has 1 saturated heterocycles. The predicted octanol–water partition coefficient (Wildman–Crippen LogP) is 1.05. The van der Waals surface area contributed by atoms with Crippen LogP contribution in [0, 0.1) is 25.2 Å². The summed E-state index contributed by atoms with van der Waals surface area (Å²) in [6.45, 7) is 8.94. The van der Waals surface area contributed by atoms with E-state index < -0.39 is 0 Å². The minimum absolute atomic E-state index is 0.0109. The molecule has 8 nitrogen and oxygen atoms in total. The molecular weight excluding hydrogens is 334 g/mol. The van der Waals surface area contributed by atoms with Gasteiger partial charge in [-0.25, -0.2) is 9.97 Å². The highest BCUT2D eigenvalue weighted by molar-refractivity contribution is 5.92. The van der Waals surface area contributed by atoms with E-state index >= 15 is 0 Å². The lowest BCUT2D eigenvalue weighted by atomic mass is 9.73. The van der Waals surface area contributed by atoms with Crippen LogP contribution in [0.4, 0.5) is 0 Å². The van der Waals surface area contributed by atoms with Crippen molar-refractivity contribution < 1.29 is 9.90 Å². The maximum atomic E-state index is 12.8. The smallest absolute Gasteiger partial charge is 0.274 e. The van der Waals surface area contributed by atoms with Gasteiger partial charge in [0, 0.05) is 43.1 Å². The lowest BCUT2D eigenvalue weighted by Gasteiger charge is -2.43. The largest absolute Gasteiger partial charge is 0.396 e. The fourth-order valence-corrected chi connectivity index (χ4v) is 3.35. The number of nitrogens with zero attached hydrogens (tertiary/aromatic N) is 4. The highest BCUT2D eigenvalue weighted by Gasteiger charge is 2.37. The van der Waals surface area contributed by atoms with Gasteiger partial charge in [-0.1, -0.05) is 13.8 Å². The van der Waals surface area contributed by atoms with Crippen LogP contribution in [-0.4, -0.2) is 55.4 Å². The number of aromatic amines is 1. The first-order valence-electron chi connectivity index (χ1n) is 8.76. The molecule has 2 N–H and O–H groups in total. The number of H-pyrrole nitrogens is 1. The van der Waals surface area contributed by atoms with E-state index in [1.165, 1.54) is 10.7 Å². The summed E-state index contributed by atoms with van der Waals surface area (Å²) in [6.07, 6.45) is 0.801. The van der Waals surface area contributed by atoms with E-state index in [2.05, 4.69) is 28.9 Å². The van der Waals surface area contributed by atoms with Gasteiger partial charge in [0.15, 0.2) is 0 Å². The van der Waals surface area contributed by atoms with Gasteiger partial charge in [0.25, 0.3) is 17.4 Å². The summed E-state index contributed by atoms with van der Waals surface area (Å²) >= 11 is 0. The number of aliphatic hydroxyl groups is 1. The van der Waals surface area contributed by atoms with Gasteiger partial charge < -0.3 is 10.0 Å². The Morgan fingerprint density at radius 1 is 1.31 bits per heavy atom. The first kappa shape index (κ1) is 18.3. The van der Waals surface area contributed by atoms with Gasteiger partial charge in [-0.3, -0.25) is 14.7 Å². The lowest BCUT2D eigenvalue weighted by Crippen LogP contribution is -2.48. The number of amides is 1. The molecule has 3 heterocycles. The van der Waals surface area contributed by atoms with E-state index in [0.717, 1.165) is 17.8 Å². The standard InChI is InChI=1S/C18H25N5O3/c1-11-7-12(2)20-17(19-11)23-15(25)8-14(21-23)16(26)22-6-5-18(3,4)13(9-22)10-24/h7-8,13,21,24H,5-6,9-10H2,1-4H3. The number of hydrogen-bond donors (Lipinski definition) is 2. The van der Waals surface area contributed by atoms with Crippen molar-refractivity contribution in [3.8, 4) is 5.95 Å². The molecule has 2 aromatic rings. The number of aromatic nitrogens is 4. The number of rotatable bonds is 3. The maximum absolute atomic E-state index is 12.8. The molecule has 1 unspecified atom stereocenters. The lowest BCUT2D eigenvalue weighted by molar-refractivity contribution is 0.0206. The Bertz CT molecular complexity index is 863. The van der Waals surface area contributed by atoms with Crippen LogP contribution in [0.3, 0.4) is 0 Å². The second-order valence-electron chi connectivity index (χ2n) is 7.66. The topological polar surface area (TPSA) is 104 Å². The third-order valence-corrected chi connectivity index (χ3v) is 5.20. The quantitative estimate of drug-likeness (QED) is 0.852. The Morgan fingerprint density at radius 3 is 2.58 bits per heavy atom. The number of hydrogen-bond acceptors (Lipinski definition) is 5.